The molecule has 7 heteroatoms. The maximum absolute atomic E-state index is 5.50. The van der Waals surface area contributed by atoms with Gasteiger partial charge in [-0.15, -0.1) is 0 Å². The Hall–Kier alpha value is -1.89. The Morgan fingerprint density at radius 2 is 2.14 bits per heavy atom. The molecule has 0 bridgehead atoms. The third-order valence-corrected chi connectivity index (χ3v) is 5.55. The van der Waals surface area contributed by atoms with Gasteiger partial charge in [0.2, 0.25) is 0 Å². The molecule has 0 fully saturated rings. The highest BCUT2D eigenvalue weighted by molar-refractivity contribution is 7.22. The Morgan fingerprint density at radius 1 is 1.32 bits per heavy atom. The molecule has 3 aromatic heterocycles. The second kappa shape index (κ2) is 5.08. The van der Waals surface area contributed by atoms with Crippen LogP contribution in [0.25, 0.3) is 10.3 Å². The molecule has 0 N–H and O–H groups in total. The van der Waals surface area contributed by atoms with Crippen LogP contribution in [0.1, 0.15) is 35.6 Å². The Bertz CT molecular complexity index is 796. The molecule has 0 amide bonds. The summed E-state index contributed by atoms with van der Waals surface area (Å²) in [4.78, 5) is 6.86. The molecule has 0 saturated carbocycles. The third-order valence-electron chi connectivity index (χ3n) is 4.28. The first kappa shape index (κ1) is 13.8. The molecule has 22 heavy (non-hydrogen) atoms. The molecule has 0 atom stereocenters. The summed E-state index contributed by atoms with van der Waals surface area (Å²) in [7, 11) is 4.00. The van der Waals surface area contributed by atoms with Crippen molar-refractivity contribution in [2.75, 3.05) is 11.9 Å². The summed E-state index contributed by atoms with van der Waals surface area (Å²) >= 11 is 1.69. The number of nitrogens with zero attached hydrogens (tertiary/aromatic N) is 5. The summed E-state index contributed by atoms with van der Waals surface area (Å²) < 4.78 is 8.50. The lowest BCUT2D eigenvalue weighted by Crippen LogP contribution is -2.18. The van der Waals surface area contributed by atoms with Gasteiger partial charge in [0.15, 0.2) is 10.8 Å². The first-order chi connectivity index (χ1) is 10.6. The average molecular weight is 317 g/mol. The van der Waals surface area contributed by atoms with Crippen molar-refractivity contribution in [3.05, 3.63) is 22.7 Å². The van der Waals surface area contributed by atoms with Crippen LogP contribution in [0, 0.1) is 6.92 Å². The highest BCUT2D eigenvalue weighted by Gasteiger charge is 2.21. The van der Waals surface area contributed by atoms with Crippen molar-refractivity contribution in [2.45, 2.75) is 39.2 Å². The van der Waals surface area contributed by atoms with Gasteiger partial charge in [-0.25, -0.2) is 9.67 Å². The Labute approximate surface area is 132 Å². The zero-order valence-electron chi connectivity index (χ0n) is 13.1. The fraction of sp³-hybridized carbons (Fsp3) is 0.533. The van der Waals surface area contributed by atoms with Crippen molar-refractivity contribution in [1.82, 2.24) is 19.9 Å². The maximum atomic E-state index is 5.50. The van der Waals surface area contributed by atoms with Gasteiger partial charge >= 0.3 is 0 Å². The highest BCUT2D eigenvalue weighted by Crippen LogP contribution is 2.32. The quantitative estimate of drug-likeness (QED) is 0.743. The fourth-order valence-electron chi connectivity index (χ4n) is 3.10. The molecule has 1 aliphatic rings. The molecule has 116 valence electrons. The van der Waals surface area contributed by atoms with Crippen molar-refractivity contribution < 1.29 is 4.52 Å². The minimum absolute atomic E-state index is 0.741. The van der Waals surface area contributed by atoms with Gasteiger partial charge in [-0.05, 0) is 26.2 Å². The van der Waals surface area contributed by atoms with Crippen LogP contribution in [-0.4, -0.2) is 27.0 Å². The molecule has 3 heterocycles. The number of anilines is 1. The van der Waals surface area contributed by atoms with Crippen molar-refractivity contribution in [1.29, 1.82) is 0 Å². The first-order valence-corrected chi connectivity index (χ1v) is 8.42. The van der Waals surface area contributed by atoms with Gasteiger partial charge < -0.3 is 9.42 Å². The number of aryl methyl sites for hydroxylation is 3. The summed E-state index contributed by atoms with van der Waals surface area (Å²) in [6.07, 6.45) is 4.56. The van der Waals surface area contributed by atoms with Gasteiger partial charge in [-0.3, -0.25) is 0 Å². The van der Waals surface area contributed by atoms with E-state index in [-0.39, 0.29) is 0 Å². The van der Waals surface area contributed by atoms with Gasteiger partial charge in [0.25, 0.3) is 0 Å². The molecule has 6 nitrogen and oxygen atoms in total. The largest absolute Gasteiger partial charge is 0.361 e. The van der Waals surface area contributed by atoms with Gasteiger partial charge in [0.05, 0.1) is 16.9 Å². The van der Waals surface area contributed by atoms with Crippen LogP contribution in [0.4, 0.5) is 5.13 Å². The highest BCUT2D eigenvalue weighted by atomic mass is 32.1. The van der Waals surface area contributed by atoms with Crippen LogP contribution in [0.2, 0.25) is 0 Å². The predicted octanol–water partition coefficient (Wildman–Crippen LogP) is 2.84. The molecule has 1 aliphatic carbocycles. The average Bonchev–Trinajstić information content (AvgIpc) is 3.17. The van der Waals surface area contributed by atoms with Crippen molar-refractivity contribution in [3.63, 3.8) is 0 Å². The molecule has 0 spiro atoms. The summed E-state index contributed by atoms with van der Waals surface area (Å²) in [5, 5.41) is 9.68. The van der Waals surface area contributed by atoms with E-state index in [4.69, 9.17) is 9.51 Å². The second-order valence-electron chi connectivity index (χ2n) is 5.95. The van der Waals surface area contributed by atoms with E-state index in [1.807, 2.05) is 18.7 Å². The topological polar surface area (TPSA) is 60.0 Å². The summed E-state index contributed by atoms with van der Waals surface area (Å²) in [6, 6.07) is 0. The van der Waals surface area contributed by atoms with Crippen LogP contribution in [0.3, 0.4) is 0 Å². The molecule has 4 rings (SSSR count). The SMILES string of the molecule is Cc1nn(C)c2nc(N(C)Cc3noc4c3CCCC4)sc12. The molecule has 0 aliphatic heterocycles. The zero-order chi connectivity index (χ0) is 15.3. The van der Waals surface area contributed by atoms with Crippen LogP contribution < -0.4 is 4.90 Å². The van der Waals surface area contributed by atoms with E-state index in [0.717, 1.165) is 52.0 Å². The molecule has 0 radical (unpaired) electrons. The zero-order valence-corrected chi connectivity index (χ0v) is 13.9. The van der Waals surface area contributed by atoms with Gasteiger partial charge in [-0.1, -0.05) is 16.5 Å². The fourth-order valence-corrected chi connectivity index (χ4v) is 4.10. The monoisotopic (exact) mass is 317 g/mol. The lowest BCUT2D eigenvalue weighted by Gasteiger charge is -2.15. The van der Waals surface area contributed by atoms with Gasteiger partial charge in [0, 0.05) is 26.1 Å². The van der Waals surface area contributed by atoms with Crippen LogP contribution in [0.15, 0.2) is 4.52 Å². The Balaban J connectivity index is 1.62. The second-order valence-corrected chi connectivity index (χ2v) is 6.93. The third kappa shape index (κ3) is 2.11. The van der Waals surface area contributed by atoms with Crippen molar-refractivity contribution in [3.8, 4) is 0 Å². The van der Waals surface area contributed by atoms with Gasteiger partial charge in [0.1, 0.15) is 11.5 Å². The summed E-state index contributed by atoms with van der Waals surface area (Å²) in [6.45, 7) is 2.77. The number of rotatable bonds is 3. The summed E-state index contributed by atoms with van der Waals surface area (Å²) in [5.74, 6) is 1.08. The molecule has 0 unspecified atom stereocenters. The lowest BCUT2D eigenvalue weighted by atomic mass is 9.96. The standard InChI is InChI=1S/C15H19N5OS/c1-9-13-14(20(3)17-9)16-15(22-13)19(2)8-11-10-6-4-5-7-12(10)21-18-11/h4-8H2,1-3H3. The number of aromatic nitrogens is 4. The van der Waals surface area contributed by atoms with Crippen LogP contribution in [0.5, 0.6) is 0 Å². The van der Waals surface area contributed by atoms with Crippen LogP contribution >= 0.6 is 11.3 Å². The molecular weight excluding hydrogens is 298 g/mol. The minimum atomic E-state index is 0.741. The molecule has 0 saturated heterocycles. The minimum Gasteiger partial charge on any atom is -0.361 e. The van der Waals surface area contributed by atoms with Crippen LogP contribution in [-0.2, 0) is 26.4 Å². The number of hydrogen-bond donors (Lipinski definition) is 0. The Kier molecular flexibility index (Phi) is 3.18. The van der Waals surface area contributed by atoms with E-state index < -0.39 is 0 Å². The molecule has 0 aromatic carbocycles. The molecule has 3 aromatic rings. The summed E-state index contributed by atoms with van der Waals surface area (Å²) in [5.41, 5.74) is 4.36. The van der Waals surface area contributed by atoms with Crippen molar-refractivity contribution >= 4 is 26.8 Å². The van der Waals surface area contributed by atoms with E-state index in [1.54, 1.807) is 11.3 Å². The lowest BCUT2D eigenvalue weighted by molar-refractivity contribution is 0.368. The number of hydrogen-bond acceptors (Lipinski definition) is 6. The Morgan fingerprint density at radius 3 is 2.95 bits per heavy atom. The van der Waals surface area contributed by atoms with E-state index in [9.17, 15) is 0 Å². The van der Waals surface area contributed by atoms with Gasteiger partial charge in [-0.2, -0.15) is 5.10 Å². The van der Waals surface area contributed by atoms with E-state index in [0.29, 0.717) is 0 Å². The molecular formula is C15H19N5OS. The van der Waals surface area contributed by atoms with Crippen molar-refractivity contribution in [2.24, 2.45) is 7.05 Å². The number of thiazole rings is 1. The maximum Gasteiger partial charge on any atom is 0.188 e. The predicted molar refractivity (Wildman–Crippen MR) is 86.4 cm³/mol. The van der Waals surface area contributed by atoms with E-state index >= 15 is 0 Å². The van der Waals surface area contributed by atoms with E-state index in [1.165, 1.54) is 18.4 Å². The normalized spacial score (nSPS) is 14.5. The van der Waals surface area contributed by atoms with E-state index in [2.05, 4.69) is 22.2 Å². The number of fused-ring (bicyclic) bond motifs is 2. The first-order valence-electron chi connectivity index (χ1n) is 7.61. The smallest absolute Gasteiger partial charge is 0.188 e.